The Kier molecular flexibility index (Phi) is 5.20. The van der Waals surface area contributed by atoms with Gasteiger partial charge in [0.1, 0.15) is 0 Å². The van der Waals surface area contributed by atoms with Gasteiger partial charge in [0.15, 0.2) is 0 Å². The molecule has 1 saturated heterocycles. The van der Waals surface area contributed by atoms with Gasteiger partial charge >= 0.3 is 0 Å². The largest absolute Gasteiger partial charge is 0.363 e. The van der Waals surface area contributed by atoms with Crippen molar-refractivity contribution in [3.63, 3.8) is 0 Å². The Bertz CT molecular complexity index is 520. The highest BCUT2D eigenvalue weighted by Gasteiger charge is 2.21. The molecule has 0 spiro atoms. The standard InChI is InChI=1S/C13H24N4O2S/c1-11(17-5-3-4-6-17)8-16-20(18,19)13-7-12(9-14-2)15-10-13/h7,10-11,14-16H,3-6,8-9H2,1-2H3. The van der Waals surface area contributed by atoms with Crippen molar-refractivity contribution in [1.29, 1.82) is 0 Å². The first-order valence-electron chi connectivity index (χ1n) is 7.08. The molecule has 1 atom stereocenters. The smallest absolute Gasteiger partial charge is 0.242 e. The predicted molar refractivity (Wildman–Crippen MR) is 79.0 cm³/mol. The number of hydrogen-bond acceptors (Lipinski definition) is 4. The summed E-state index contributed by atoms with van der Waals surface area (Å²) in [5.41, 5.74) is 0.862. The van der Waals surface area contributed by atoms with Gasteiger partial charge in [0.05, 0.1) is 4.90 Å². The lowest BCUT2D eigenvalue weighted by Crippen LogP contribution is -2.40. The molecule has 1 aliphatic rings. The van der Waals surface area contributed by atoms with E-state index in [-0.39, 0.29) is 6.04 Å². The summed E-state index contributed by atoms with van der Waals surface area (Å²) in [6.45, 7) is 5.28. The van der Waals surface area contributed by atoms with Crippen LogP contribution in [0.5, 0.6) is 0 Å². The Morgan fingerprint density at radius 1 is 1.40 bits per heavy atom. The molecule has 2 rings (SSSR count). The topological polar surface area (TPSA) is 77.2 Å². The van der Waals surface area contributed by atoms with Gasteiger partial charge in [-0.05, 0) is 46.0 Å². The lowest BCUT2D eigenvalue weighted by atomic mass is 10.3. The van der Waals surface area contributed by atoms with Crippen LogP contribution in [0, 0.1) is 0 Å². The molecule has 1 fully saturated rings. The van der Waals surface area contributed by atoms with Gasteiger partial charge in [-0.1, -0.05) is 0 Å². The third-order valence-electron chi connectivity index (χ3n) is 3.73. The highest BCUT2D eigenvalue weighted by molar-refractivity contribution is 7.89. The first-order valence-corrected chi connectivity index (χ1v) is 8.57. The lowest BCUT2D eigenvalue weighted by molar-refractivity contribution is 0.260. The lowest BCUT2D eigenvalue weighted by Gasteiger charge is -2.23. The molecule has 20 heavy (non-hydrogen) atoms. The van der Waals surface area contributed by atoms with Crippen LogP contribution in [0.4, 0.5) is 0 Å². The number of nitrogens with zero attached hydrogens (tertiary/aromatic N) is 1. The summed E-state index contributed by atoms with van der Waals surface area (Å²) in [7, 11) is -1.59. The molecule has 2 heterocycles. The minimum Gasteiger partial charge on any atom is -0.363 e. The summed E-state index contributed by atoms with van der Waals surface area (Å²) in [6.07, 6.45) is 3.96. The van der Waals surface area contributed by atoms with Gasteiger partial charge in [-0.15, -0.1) is 0 Å². The van der Waals surface area contributed by atoms with Gasteiger partial charge in [-0.3, -0.25) is 4.90 Å². The quantitative estimate of drug-likeness (QED) is 0.685. The fourth-order valence-electron chi connectivity index (χ4n) is 2.49. The summed E-state index contributed by atoms with van der Waals surface area (Å²) >= 11 is 0. The first kappa shape index (κ1) is 15.5. The Labute approximate surface area is 121 Å². The first-order chi connectivity index (χ1) is 9.53. The van der Waals surface area contributed by atoms with Gasteiger partial charge in [-0.25, -0.2) is 13.1 Å². The fraction of sp³-hybridized carbons (Fsp3) is 0.692. The maximum absolute atomic E-state index is 12.2. The van der Waals surface area contributed by atoms with Crippen LogP contribution < -0.4 is 10.0 Å². The number of H-pyrrole nitrogens is 1. The van der Waals surface area contributed by atoms with Crippen molar-refractivity contribution in [3.8, 4) is 0 Å². The maximum atomic E-state index is 12.2. The number of likely N-dealkylation sites (tertiary alicyclic amines) is 1. The van der Waals surface area contributed by atoms with Crippen molar-refractivity contribution >= 4 is 10.0 Å². The third-order valence-corrected chi connectivity index (χ3v) is 5.13. The van der Waals surface area contributed by atoms with E-state index >= 15 is 0 Å². The van der Waals surface area contributed by atoms with E-state index in [2.05, 4.69) is 26.8 Å². The highest BCUT2D eigenvalue weighted by atomic mass is 32.2. The number of hydrogen-bond donors (Lipinski definition) is 3. The predicted octanol–water partition coefficient (Wildman–Crippen LogP) is 0.497. The van der Waals surface area contributed by atoms with E-state index in [1.54, 1.807) is 6.07 Å². The summed E-state index contributed by atoms with van der Waals surface area (Å²) in [5, 5.41) is 2.98. The average molecular weight is 300 g/mol. The Morgan fingerprint density at radius 2 is 2.10 bits per heavy atom. The van der Waals surface area contributed by atoms with Crippen LogP contribution in [0.2, 0.25) is 0 Å². The van der Waals surface area contributed by atoms with Gasteiger partial charge in [0, 0.05) is 31.0 Å². The highest BCUT2D eigenvalue weighted by Crippen LogP contribution is 2.13. The van der Waals surface area contributed by atoms with E-state index in [0.717, 1.165) is 18.8 Å². The van der Waals surface area contributed by atoms with Crippen molar-refractivity contribution in [1.82, 2.24) is 19.9 Å². The molecule has 0 amide bonds. The van der Waals surface area contributed by atoms with E-state index in [4.69, 9.17) is 0 Å². The van der Waals surface area contributed by atoms with E-state index in [1.165, 1.54) is 19.0 Å². The molecule has 3 N–H and O–H groups in total. The molecule has 114 valence electrons. The molecule has 0 aliphatic carbocycles. The normalized spacial score (nSPS) is 18.5. The van der Waals surface area contributed by atoms with Crippen LogP contribution in [0.1, 0.15) is 25.5 Å². The van der Waals surface area contributed by atoms with Gasteiger partial charge in [0.25, 0.3) is 0 Å². The molecular weight excluding hydrogens is 276 g/mol. The average Bonchev–Trinajstić information content (AvgIpc) is 3.07. The van der Waals surface area contributed by atoms with Gasteiger partial charge in [0.2, 0.25) is 10.0 Å². The van der Waals surface area contributed by atoms with E-state index < -0.39 is 10.0 Å². The van der Waals surface area contributed by atoms with Crippen LogP contribution in [-0.2, 0) is 16.6 Å². The third kappa shape index (κ3) is 3.82. The van der Waals surface area contributed by atoms with Crippen LogP contribution >= 0.6 is 0 Å². The number of aromatic nitrogens is 1. The van der Waals surface area contributed by atoms with Crippen LogP contribution in [0.25, 0.3) is 0 Å². The monoisotopic (exact) mass is 300 g/mol. The molecule has 1 unspecified atom stereocenters. The SMILES string of the molecule is CNCc1cc(S(=O)(=O)NCC(C)N2CCCC2)c[nH]1. The molecule has 0 radical (unpaired) electrons. The molecule has 6 nitrogen and oxygen atoms in total. The van der Waals surface area contributed by atoms with Crippen molar-refractivity contribution < 1.29 is 8.42 Å². The molecule has 0 saturated carbocycles. The minimum atomic E-state index is -3.42. The second-order valence-corrected chi connectivity index (χ2v) is 7.10. The number of rotatable bonds is 7. The second kappa shape index (κ2) is 6.71. The zero-order valence-electron chi connectivity index (χ0n) is 12.1. The summed E-state index contributed by atoms with van der Waals surface area (Å²) in [6, 6.07) is 1.90. The van der Waals surface area contributed by atoms with E-state index in [0.29, 0.717) is 18.0 Å². The Morgan fingerprint density at radius 3 is 2.75 bits per heavy atom. The Hall–Kier alpha value is -0.890. The summed E-state index contributed by atoms with van der Waals surface area (Å²) in [4.78, 5) is 5.59. The molecule has 1 aromatic rings. The molecule has 1 aliphatic heterocycles. The number of sulfonamides is 1. The summed E-state index contributed by atoms with van der Waals surface area (Å²) < 4.78 is 27.1. The van der Waals surface area contributed by atoms with Crippen LogP contribution in [0.15, 0.2) is 17.2 Å². The van der Waals surface area contributed by atoms with Gasteiger partial charge in [-0.2, -0.15) is 0 Å². The summed E-state index contributed by atoms with van der Waals surface area (Å²) in [5.74, 6) is 0. The van der Waals surface area contributed by atoms with E-state index in [1.807, 2.05) is 7.05 Å². The zero-order chi connectivity index (χ0) is 14.6. The molecule has 1 aromatic heterocycles. The molecule has 0 aromatic carbocycles. The fourth-order valence-corrected chi connectivity index (χ4v) is 3.63. The number of nitrogens with one attached hydrogen (secondary N) is 3. The van der Waals surface area contributed by atoms with Crippen LogP contribution in [0.3, 0.4) is 0 Å². The van der Waals surface area contributed by atoms with Crippen molar-refractivity contribution in [3.05, 3.63) is 18.0 Å². The Balaban J connectivity index is 1.92. The van der Waals surface area contributed by atoms with Gasteiger partial charge < -0.3 is 10.3 Å². The number of aromatic amines is 1. The molecule has 7 heteroatoms. The van der Waals surface area contributed by atoms with Crippen molar-refractivity contribution in [2.24, 2.45) is 0 Å². The maximum Gasteiger partial charge on any atom is 0.242 e. The van der Waals surface area contributed by atoms with Crippen molar-refractivity contribution in [2.75, 3.05) is 26.7 Å². The molecular formula is C13H24N4O2S. The van der Waals surface area contributed by atoms with Crippen molar-refractivity contribution in [2.45, 2.75) is 37.2 Å². The molecule has 0 bridgehead atoms. The van der Waals surface area contributed by atoms with E-state index in [9.17, 15) is 8.42 Å². The minimum absolute atomic E-state index is 0.239. The second-order valence-electron chi connectivity index (χ2n) is 5.33. The van der Waals surface area contributed by atoms with Crippen LogP contribution in [-0.4, -0.2) is 51.0 Å². The zero-order valence-corrected chi connectivity index (χ0v) is 13.0.